The fraction of sp³-hybridized carbons (Fsp3) is 0.500. The van der Waals surface area contributed by atoms with Crippen molar-refractivity contribution >= 4 is 27.7 Å². The third-order valence-corrected chi connectivity index (χ3v) is 3.33. The van der Waals surface area contributed by atoms with Gasteiger partial charge in [0.05, 0.1) is 5.69 Å². The molecule has 0 aliphatic rings. The van der Waals surface area contributed by atoms with Gasteiger partial charge in [0.25, 0.3) is 0 Å². The van der Waals surface area contributed by atoms with E-state index in [1.807, 2.05) is 19.9 Å². The van der Waals surface area contributed by atoms with Crippen LogP contribution in [0.1, 0.15) is 31.9 Å². The van der Waals surface area contributed by atoms with Gasteiger partial charge < -0.3 is 10.4 Å². The van der Waals surface area contributed by atoms with Crippen LogP contribution in [0, 0.1) is 6.92 Å². The van der Waals surface area contributed by atoms with Crippen LogP contribution in [0.5, 0.6) is 0 Å². The number of carboxylic acid groups (broad SMARTS) is 1. The maximum absolute atomic E-state index is 11.1. The van der Waals surface area contributed by atoms with Gasteiger partial charge in [0.2, 0.25) is 0 Å². The van der Waals surface area contributed by atoms with Gasteiger partial charge in [0.1, 0.15) is 11.9 Å². The first-order valence-electron chi connectivity index (χ1n) is 5.67. The second-order valence-electron chi connectivity index (χ2n) is 3.94. The zero-order valence-electron chi connectivity index (χ0n) is 10.0. The second-order valence-corrected chi connectivity index (χ2v) is 4.80. The molecule has 0 amide bonds. The molecule has 1 atom stereocenters. The Hall–Kier alpha value is -1.10. The summed E-state index contributed by atoms with van der Waals surface area (Å²) in [6.07, 6.45) is 2.49. The topological polar surface area (TPSA) is 62.2 Å². The summed E-state index contributed by atoms with van der Waals surface area (Å²) in [6.45, 7) is 3.91. The van der Waals surface area contributed by atoms with E-state index < -0.39 is 12.0 Å². The molecule has 1 unspecified atom stereocenters. The smallest absolute Gasteiger partial charge is 0.326 e. The van der Waals surface area contributed by atoms with Crippen LogP contribution in [-0.4, -0.2) is 22.1 Å². The molecule has 0 saturated heterocycles. The highest BCUT2D eigenvalue weighted by atomic mass is 79.9. The highest BCUT2D eigenvalue weighted by Crippen LogP contribution is 2.17. The number of pyridine rings is 1. The number of aliphatic carboxylic acids is 1. The maximum Gasteiger partial charge on any atom is 0.326 e. The van der Waals surface area contributed by atoms with E-state index in [0.717, 1.165) is 23.0 Å². The van der Waals surface area contributed by atoms with E-state index >= 15 is 0 Å². The third-order valence-electron chi connectivity index (χ3n) is 2.49. The zero-order valence-corrected chi connectivity index (χ0v) is 11.6. The minimum absolute atomic E-state index is 0.567. The van der Waals surface area contributed by atoms with Crippen LogP contribution in [0.25, 0.3) is 0 Å². The average molecular weight is 301 g/mol. The van der Waals surface area contributed by atoms with Gasteiger partial charge in [0.15, 0.2) is 0 Å². The van der Waals surface area contributed by atoms with Crippen molar-refractivity contribution in [3.05, 3.63) is 22.3 Å². The van der Waals surface area contributed by atoms with Crippen LogP contribution in [0.4, 0.5) is 5.82 Å². The van der Waals surface area contributed by atoms with Crippen LogP contribution in [0.15, 0.2) is 16.6 Å². The molecule has 0 aliphatic carbocycles. The molecule has 94 valence electrons. The van der Waals surface area contributed by atoms with E-state index in [9.17, 15) is 4.79 Å². The van der Waals surface area contributed by atoms with Crippen LogP contribution >= 0.6 is 15.9 Å². The molecule has 0 saturated carbocycles. The molecule has 0 aromatic carbocycles. The van der Waals surface area contributed by atoms with Crippen LogP contribution < -0.4 is 5.32 Å². The van der Waals surface area contributed by atoms with Gasteiger partial charge >= 0.3 is 5.97 Å². The minimum atomic E-state index is -0.833. The van der Waals surface area contributed by atoms with Crippen molar-refractivity contribution in [3.8, 4) is 0 Å². The Balaban J connectivity index is 2.71. The number of rotatable bonds is 6. The molecule has 17 heavy (non-hydrogen) atoms. The van der Waals surface area contributed by atoms with E-state index in [0.29, 0.717) is 12.2 Å². The molecule has 2 N–H and O–H groups in total. The molecular formula is C12H17BrN2O2. The first-order chi connectivity index (χ1) is 8.04. The molecule has 0 bridgehead atoms. The van der Waals surface area contributed by atoms with Crippen molar-refractivity contribution in [2.45, 2.75) is 39.2 Å². The Labute approximate surface area is 110 Å². The summed E-state index contributed by atoms with van der Waals surface area (Å²) in [7, 11) is 0. The molecule has 0 aliphatic heterocycles. The molecule has 0 radical (unpaired) electrons. The first-order valence-corrected chi connectivity index (χ1v) is 6.46. The quantitative estimate of drug-likeness (QED) is 0.847. The predicted octanol–water partition coefficient (Wildman–Crippen LogP) is 3.21. The number of hydrogen-bond acceptors (Lipinski definition) is 3. The molecule has 4 nitrogen and oxygen atoms in total. The Morgan fingerprint density at radius 2 is 2.29 bits per heavy atom. The van der Waals surface area contributed by atoms with E-state index in [2.05, 4.69) is 26.2 Å². The Kier molecular flexibility index (Phi) is 5.41. The summed E-state index contributed by atoms with van der Waals surface area (Å²) in [5, 5.41) is 12.0. The lowest BCUT2D eigenvalue weighted by atomic mass is 10.1. The van der Waals surface area contributed by atoms with E-state index in [1.165, 1.54) is 0 Å². The summed E-state index contributed by atoms with van der Waals surface area (Å²) >= 11 is 3.36. The van der Waals surface area contributed by atoms with Crippen molar-refractivity contribution in [1.82, 2.24) is 4.98 Å². The van der Waals surface area contributed by atoms with Crippen LogP contribution in [-0.2, 0) is 4.79 Å². The van der Waals surface area contributed by atoms with Gasteiger partial charge in [0, 0.05) is 4.47 Å². The van der Waals surface area contributed by atoms with Gasteiger partial charge in [-0.05, 0) is 41.4 Å². The van der Waals surface area contributed by atoms with Crippen molar-refractivity contribution in [1.29, 1.82) is 0 Å². The van der Waals surface area contributed by atoms with E-state index in [-0.39, 0.29) is 0 Å². The third kappa shape index (κ3) is 4.34. The van der Waals surface area contributed by atoms with Crippen LogP contribution in [0.2, 0.25) is 0 Å². The van der Waals surface area contributed by atoms with Crippen LogP contribution in [0.3, 0.4) is 0 Å². The van der Waals surface area contributed by atoms with Crippen molar-refractivity contribution in [3.63, 3.8) is 0 Å². The molecule has 0 spiro atoms. The van der Waals surface area contributed by atoms with Gasteiger partial charge in [-0.2, -0.15) is 0 Å². The number of nitrogens with one attached hydrogen (secondary N) is 1. The maximum atomic E-state index is 11.1. The molecule has 1 heterocycles. The molecule has 1 rings (SSSR count). The normalized spacial score (nSPS) is 12.2. The number of nitrogens with zero attached hydrogens (tertiary/aromatic N) is 1. The molecule has 0 fully saturated rings. The highest BCUT2D eigenvalue weighted by Gasteiger charge is 2.16. The number of carboxylic acids is 1. The number of carbonyl (C=O) groups is 1. The number of anilines is 1. The summed E-state index contributed by atoms with van der Waals surface area (Å²) in [5.41, 5.74) is 0.842. The lowest BCUT2D eigenvalue weighted by molar-refractivity contribution is -0.138. The second kappa shape index (κ2) is 6.59. The fourth-order valence-electron chi connectivity index (χ4n) is 1.47. The SMILES string of the molecule is CCCCC(Nc1ccc(Br)c(C)n1)C(=O)O. The first kappa shape index (κ1) is 14.0. The zero-order chi connectivity index (χ0) is 12.8. The highest BCUT2D eigenvalue weighted by molar-refractivity contribution is 9.10. The lowest BCUT2D eigenvalue weighted by Gasteiger charge is -2.15. The van der Waals surface area contributed by atoms with E-state index in [1.54, 1.807) is 6.07 Å². The number of aromatic nitrogens is 1. The van der Waals surface area contributed by atoms with Gasteiger partial charge in [-0.15, -0.1) is 0 Å². The van der Waals surface area contributed by atoms with Gasteiger partial charge in [-0.1, -0.05) is 19.8 Å². The minimum Gasteiger partial charge on any atom is -0.480 e. The van der Waals surface area contributed by atoms with E-state index in [4.69, 9.17) is 5.11 Å². The lowest BCUT2D eigenvalue weighted by Crippen LogP contribution is -2.29. The number of halogens is 1. The summed E-state index contributed by atoms with van der Waals surface area (Å²) in [4.78, 5) is 15.3. The molecule has 1 aromatic rings. The molecule has 5 heteroatoms. The molecule has 1 aromatic heterocycles. The average Bonchev–Trinajstić information content (AvgIpc) is 2.28. The summed E-state index contributed by atoms with van der Waals surface area (Å²) in [6, 6.07) is 3.07. The number of hydrogen-bond donors (Lipinski definition) is 2. The largest absolute Gasteiger partial charge is 0.480 e. The van der Waals surface area contributed by atoms with Gasteiger partial charge in [-0.3, -0.25) is 0 Å². The van der Waals surface area contributed by atoms with Crippen molar-refractivity contribution in [2.75, 3.05) is 5.32 Å². The van der Waals surface area contributed by atoms with Crippen molar-refractivity contribution < 1.29 is 9.90 Å². The number of unbranched alkanes of at least 4 members (excludes halogenated alkanes) is 1. The Bertz CT molecular complexity index is 396. The number of aryl methyl sites for hydroxylation is 1. The summed E-state index contributed by atoms with van der Waals surface area (Å²) in [5.74, 6) is -0.227. The predicted molar refractivity (Wildman–Crippen MR) is 71.2 cm³/mol. The Morgan fingerprint density at radius 1 is 1.59 bits per heavy atom. The van der Waals surface area contributed by atoms with Crippen molar-refractivity contribution in [2.24, 2.45) is 0 Å². The fourth-order valence-corrected chi connectivity index (χ4v) is 1.69. The Morgan fingerprint density at radius 3 is 2.82 bits per heavy atom. The monoisotopic (exact) mass is 300 g/mol. The van der Waals surface area contributed by atoms with Gasteiger partial charge in [-0.25, -0.2) is 9.78 Å². The molecular weight excluding hydrogens is 284 g/mol. The standard InChI is InChI=1S/C12H17BrN2O2/c1-3-4-5-10(12(16)17)15-11-7-6-9(13)8(2)14-11/h6-7,10H,3-5H2,1-2H3,(H,14,15)(H,16,17). The summed E-state index contributed by atoms with van der Waals surface area (Å²) < 4.78 is 0.920.